The Hall–Kier alpha value is -5.10. The molecule has 0 radical (unpaired) electrons. The SMILES string of the molecule is COc1cc(-c2cn(C)c(=O)c3ccccc23)cc(F)c1CC1CCN(CC(=O)C2CCN(c3ccc(NC4CCC(=O)NC4=O)cc3F)CC2)CC1. The van der Waals surface area contributed by atoms with Crippen LogP contribution in [0.1, 0.15) is 44.1 Å². The minimum absolute atomic E-state index is 0.0819. The van der Waals surface area contributed by atoms with Crippen molar-refractivity contribution in [3.05, 3.63) is 88.3 Å². The van der Waals surface area contributed by atoms with Crippen molar-refractivity contribution in [1.82, 2.24) is 14.8 Å². The van der Waals surface area contributed by atoms with E-state index in [1.807, 2.05) is 29.2 Å². The zero-order chi connectivity index (χ0) is 37.2. The monoisotopic (exact) mass is 725 g/mol. The maximum Gasteiger partial charge on any atom is 0.258 e. The Bertz CT molecular complexity index is 2100. The summed E-state index contributed by atoms with van der Waals surface area (Å²) in [5.41, 5.74) is 2.79. The molecule has 12 heteroatoms. The van der Waals surface area contributed by atoms with Crippen LogP contribution in [0.3, 0.4) is 0 Å². The van der Waals surface area contributed by atoms with E-state index < -0.39 is 17.8 Å². The second-order valence-electron chi connectivity index (χ2n) is 14.6. The molecule has 2 amide bonds. The van der Waals surface area contributed by atoms with Gasteiger partial charge in [0.25, 0.3) is 5.56 Å². The highest BCUT2D eigenvalue weighted by atomic mass is 19.1. The Morgan fingerprint density at radius 2 is 1.64 bits per heavy atom. The number of aryl methyl sites for hydroxylation is 1. The number of fused-ring (bicyclic) bond motifs is 1. The predicted octanol–water partition coefficient (Wildman–Crippen LogP) is 5.45. The van der Waals surface area contributed by atoms with Crippen LogP contribution in [0.15, 0.2) is 65.6 Å². The van der Waals surface area contributed by atoms with Crippen molar-refractivity contribution in [1.29, 1.82) is 0 Å². The van der Waals surface area contributed by atoms with Gasteiger partial charge in [-0.25, -0.2) is 8.78 Å². The number of nitrogens with zero attached hydrogens (tertiary/aromatic N) is 3. The molecule has 3 saturated heterocycles. The van der Waals surface area contributed by atoms with Gasteiger partial charge in [-0.1, -0.05) is 18.2 Å². The quantitative estimate of drug-likeness (QED) is 0.208. The number of nitrogens with one attached hydrogen (secondary N) is 2. The van der Waals surface area contributed by atoms with E-state index in [0.717, 1.165) is 36.9 Å². The summed E-state index contributed by atoms with van der Waals surface area (Å²) in [6.45, 7) is 3.03. The average molecular weight is 726 g/mol. The fourth-order valence-electron chi connectivity index (χ4n) is 8.11. The number of imide groups is 1. The highest BCUT2D eigenvalue weighted by molar-refractivity contribution is 6.01. The Kier molecular flexibility index (Phi) is 10.6. The minimum Gasteiger partial charge on any atom is -0.496 e. The smallest absolute Gasteiger partial charge is 0.258 e. The fourth-order valence-corrected chi connectivity index (χ4v) is 8.11. The number of piperidine rings is 3. The molecule has 3 aliphatic rings. The summed E-state index contributed by atoms with van der Waals surface area (Å²) in [6, 6.07) is 15.0. The molecular formula is C41H45F2N5O5. The number of pyridine rings is 1. The molecule has 278 valence electrons. The first kappa shape index (κ1) is 36.3. The molecule has 4 heterocycles. The van der Waals surface area contributed by atoms with Crippen LogP contribution in [-0.4, -0.2) is 72.9 Å². The molecule has 2 N–H and O–H groups in total. The molecule has 1 unspecified atom stereocenters. The zero-order valence-electron chi connectivity index (χ0n) is 30.1. The van der Waals surface area contributed by atoms with Gasteiger partial charge in [0.05, 0.1) is 19.3 Å². The molecule has 0 saturated carbocycles. The van der Waals surface area contributed by atoms with Crippen molar-refractivity contribution in [2.45, 2.75) is 51.0 Å². The molecule has 0 aliphatic carbocycles. The number of amides is 2. The second kappa shape index (κ2) is 15.5. The third kappa shape index (κ3) is 7.83. The number of benzene rings is 3. The van der Waals surface area contributed by atoms with Crippen LogP contribution >= 0.6 is 0 Å². The third-order valence-corrected chi connectivity index (χ3v) is 11.2. The number of anilines is 2. The number of Topliss-reactive ketones (excluding diaryl/α,β-unsaturated/α-hetero) is 1. The lowest BCUT2D eigenvalue weighted by molar-refractivity contribution is -0.133. The number of carbonyl (C=O) groups excluding carboxylic acids is 3. The van der Waals surface area contributed by atoms with E-state index in [0.29, 0.717) is 79.0 Å². The Morgan fingerprint density at radius 3 is 2.34 bits per heavy atom. The molecular weight excluding hydrogens is 680 g/mol. The van der Waals surface area contributed by atoms with Gasteiger partial charge in [0.2, 0.25) is 11.8 Å². The van der Waals surface area contributed by atoms with E-state index in [9.17, 15) is 19.2 Å². The predicted molar refractivity (Wildman–Crippen MR) is 200 cm³/mol. The zero-order valence-corrected chi connectivity index (χ0v) is 30.1. The summed E-state index contributed by atoms with van der Waals surface area (Å²) in [5.74, 6) is -0.580. The van der Waals surface area contributed by atoms with Crippen molar-refractivity contribution in [2.75, 3.05) is 50.1 Å². The van der Waals surface area contributed by atoms with Crippen molar-refractivity contribution >= 4 is 39.7 Å². The Morgan fingerprint density at radius 1 is 0.906 bits per heavy atom. The molecule has 3 aromatic carbocycles. The number of ether oxygens (including phenoxy) is 1. The molecule has 7 rings (SSSR count). The lowest BCUT2D eigenvalue weighted by atomic mass is 9.87. The largest absolute Gasteiger partial charge is 0.496 e. The number of hydrogen-bond donors (Lipinski definition) is 2. The first-order valence-corrected chi connectivity index (χ1v) is 18.4. The Balaban J connectivity index is 0.903. The van der Waals surface area contributed by atoms with Crippen LogP contribution in [0, 0.1) is 23.5 Å². The molecule has 1 atom stereocenters. The number of hydrogen-bond acceptors (Lipinski definition) is 8. The van der Waals surface area contributed by atoms with Crippen LogP contribution < -0.4 is 25.8 Å². The van der Waals surface area contributed by atoms with Crippen molar-refractivity contribution in [3.8, 4) is 16.9 Å². The maximum atomic E-state index is 15.8. The van der Waals surface area contributed by atoms with Gasteiger partial charge in [0.1, 0.15) is 29.2 Å². The van der Waals surface area contributed by atoms with Crippen LogP contribution in [0.4, 0.5) is 20.2 Å². The van der Waals surface area contributed by atoms with E-state index in [-0.39, 0.29) is 41.3 Å². The summed E-state index contributed by atoms with van der Waals surface area (Å²) in [7, 11) is 3.25. The molecule has 53 heavy (non-hydrogen) atoms. The van der Waals surface area contributed by atoms with Crippen molar-refractivity contribution < 1.29 is 27.9 Å². The molecule has 0 bridgehead atoms. The third-order valence-electron chi connectivity index (χ3n) is 11.2. The van der Waals surface area contributed by atoms with Crippen LogP contribution in [0.2, 0.25) is 0 Å². The van der Waals surface area contributed by atoms with Crippen LogP contribution in [0.5, 0.6) is 5.75 Å². The number of methoxy groups -OCH3 is 1. The molecule has 3 aliphatic heterocycles. The lowest BCUT2D eigenvalue weighted by Gasteiger charge is -2.35. The lowest BCUT2D eigenvalue weighted by Crippen LogP contribution is -2.47. The van der Waals surface area contributed by atoms with Gasteiger partial charge < -0.3 is 19.5 Å². The normalized spacial score (nSPS) is 19.0. The van der Waals surface area contributed by atoms with E-state index in [1.165, 1.54) is 16.7 Å². The van der Waals surface area contributed by atoms with Gasteiger partial charge in [-0.15, -0.1) is 0 Å². The van der Waals surface area contributed by atoms with Gasteiger partial charge in [-0.05, 0) is 105 Å². The van der Waals surface area contributed by atoms with Gasteiger partial charge in [0, 0.05) is 60.9 Å². The summed E-state index contributed by atoms with van der Waals surface area (Å²) in [6.07, 6.45) is 5.85. The van der Waals surface area contributed by atoms with Crippen molar-refractivity contribution in [2.24, 2.45) is 18.9 Å². The summed E-state index contributed by atoms with van der Waals surface area (Å²) >= 11 is 0. The summed E-state index contributed by atoms with van der Waals surface area (Å²) in [4.78, 5) is 53.7. The number of rotatable bonds is 10. The fraction of sp³-hybridized carbons (Fsp3) is 0.415. The number of carbonyl (C=O) groups is 3. The molecule has 10 nitrogen and oxygen atoms in total. The van der Waals surface area contributed by atoms with E-state index in [4.69, 9.17) is 4.74 Å². The number of likely N-dealkylation sites (tertiary alicyclic amines) is 1. The van der Waals surface area contributed by atoms with Gasteiger partial charge in [0.15, 0.2) is 0 Å². The summed E-state index contributed by atoms with van der Waals surface area (Å²) in [5, 5.41) is 6.65. The molecule has 0 spiro atoms. The standard InChI is InChI=1S/C41H45F2N5O5/c1-46-23-32(29-5-3-4-6-30(29)41(46)52)27-20-33(42)31(38(21-27)53-2)19-25-11-15-47(16-12-25)24-37(49)26-13-17-48(18-14-26)36-9-7-28(22-34(36)43)44-35-8-10-39(50)45-40(35)51/h3-7,9,20-23,25-26,35,44H,8,10-19,24H2,1-2H3,(H,45,50,51). The minimum atomic E-state index is -0.586. The Labute approximate surface area is 307 Å². The average Bonchev–Trinajstić information content (AvgIpc) is 3.16. The maximum absolute atomic E-state index is 15.8. The first-order valence-electron chi connectivity index (χ1n) is 18.4. The van der Waals surface area contributed by atoms with Gasteiger partial charge >= 0.3 is 0 Å². The van der Waals surface area contributed by atoms with E-state index >= 15 is 8.78 Å². The first-order chi connectivity index (χ1) is 25.6. The highest BCUT2D eigenvalue weighted by Gasteiger charge is 2.30. The van der Waals surface area contributed by atoms with E-state index in [1.54, 1.807) is 38.6 Å². The molecule has 1 aromatic heterocycles. The topological polar surface area (TPSA) is 113 Å². The summed E-state index contributed by atoms with van der Waals surface area (Å²) < 4.78 is 38.2. The van der Waals surface area contributed by atoms with Gasteiger partial charge in [-0.3, -0.25) is 29.4 Å². The number of aromatic nitrogens is 1. The highest BCUT2D eigenvalue weighted by Crippen LogP contribution is 2.36. The second-order valence-corrected chi connectivity index (χ2v) is 14.6. The van der Waals surface area contributed by atoms with E-state index in [2.05, 4.69) is 15.5 Å². The van der Waals surface area contributed by atoms with Crippen LogP contribution in [0.25, 0.3) is 21.9 Å². The van der Waals surface area contributed by atoms with Crippen LogP contribution in [-0.2, 0) is 27.9 Å². The van der Waals surface area contributed by atoms with Crippen molar-refractivity contribution in [3.63, 3.8) is 0 Å². The number of halogens is 2. The molecule has 3 fully saturated rings. The van der Waals surface area contributed by atoms with Gasteiger partial charge in [-0.2, -0.15) is 0 Å². The molecule has 4 aromatic rings. The number of ketones is 1.